The van der Waals surface area contributed by atoms with E-state index in [0.29, 0.717) is 11.7 Å². The number of halogens is 7. The summed E-state index contributed by atoms with van der Waals surface area (Å²) < 4.78 is 81.9. The molecule has 92 valence electrons. The molecule has 0 spiro atoms. The van der Waals surface area contributed by atoms with Crippen molar-refractivity contribution in [2.75, 3.05) is 0 Å². The van der Waals surface area contributed by atoms with Gasteiger partial charge >= 0.3 is 12.4 Å². The van der Waals surface area contributed by atoms with Crippen molar-refractivity contribution in [1.82, 2.24) is 8.75 Å². The van der Waals surface area contributed by atoms with E-state index in [1.807, 2.05) is 0 Å². The zero-order chi connectivity index (χ0) is 12.6. The molecule has 0 unspecified atom stereocenters. The lowest BCUT2D eigenvalue weighted by molar-refractivity contribution is -0.300. The number of alkyl halides is 6. The Morgan fingerprint density at radius 1 is 1.06 bits per heavy atom. The first-order valence-electron chi connectivity index (χ1n) is 3.40. The van der Waals surface area contributed by atoms with Gasteiger partial charge in [-0.15, -0.1) is 4.37 Å². The number of ether oxygens (including phenoxy) is 1. The van der Waals surface area contributed by atoms with Gasteiger partial charge in [0, 0.05) is 0 Å². The highest BCUT2D eigenvalue weighted by molar-refractivity contribution is 6.99. The molecule has 0 atom stereocenters. The van der Waals surface area contributed by atoms with Gasteiger partial charge in [0.1, 0.15) is 0 Å². The summed E-state index contributed by atoms with van der Waals surface area (Å²) in [5, 5.41) is -0.650. The van der Waals surface area contributed by atoms with Crippen LogP contribution in [-0.2, 0) is 0 Å². The molecule has 0 bridgehead atoms. The molecule has 3 nitrogen and oxygen atoms in total. The van der Waals surface area contributed by atoms with Gasteiger partial charge in [0.25, 0.3) is 12.0 Å². The second-order valence-corrected chi connectivity index (χ2v) is 3.33. The molecule has 0 aliphatic heterocycles. The van der Waals surface area contributed by atoms with Crippen LogP contribution in [0.15, 0.2) is 0 Å². The lowest BCUT2D eigenvalue weighted by Crippen LogP contribution is -2.46. The number of hydrogen-bond acceptors (Lipinski definition) is 4. The third-order valence-corrected chi connectivity index (χ3v) is 2.10. The maximum Gasteiger partial charge on any atom is 0.434 e. The highest BCUT2D eigenvalue weighted by Gasteiger charge is 2.59. The summed E-state index contributed by atoms with van der Waals surface area (Å²) in [4.78, 5) is 0. The SMILES string of the molecule is FC(F)(F)C(Oc1nsnc1Cl)C(F)(F)F. The Hall–Kier alpha value is -0.770. The van der Waals surface area contributed by atoms with E-state index in [-0.39, 0.29) is 0 Å². The van der Waals surface area contributed by atoms with Crippen molar-refractivity contribution in [3.8, 4) is 5.88 Å². The maximum atomic E-state index is 12.0. The van der Waals surface area contributed by atoms with Gasteiger partial charge < -0.3 is 4.74 Å². The Labute approximate surface area is 93.3 Å². The van der Waals surface area contributed by atoms with E-state index in [0.717, 1.165) is 0 Å². The number of rotatable bonds is 2. The van der Waals surface area contributed by atoms with Gasteiger partial charge in [-0.1, -0.05) is 11.6 Å². The van der Waals surface area contributed by atoms with Gasteiger partial charge in [-0.05, 0) is 0 Å². The predicted octanol–water partition coefficient (Wildman–Crippen LogP) is 3.06. The van der Waals surface area contributed by atoms with Gasteiger partial charge in [-0.3, -0.25) is 0 Å². The summed E-state index contributed by atoms with van der Waals surface area (Å²) in [6, 6.07) is 0. The van der Waals surface area contributed by atoms with Crippen LogP contribution < -0.4 is 4.74 Å². The molecular formula is C5HClF6N2OS. The molecule has 0 fully saturated rings. The molecule has 1 rings (SSSR count). The highest BCUT2D eigenvalue weighted by atomic mass is 35.5. The van der Waals surface area contributed by atoms with Crippen LogP contribution in [0.3, 0.4) is 0 Å². The average Bonchev–Trinajstić information content (AvgIpc) is 2.42. The molecule has 16 heavy (non-hydrogen) atoms. The molecule has 0 aliphatic rings. The Kier molecular flexibility index (Phi) is 3.53. The lowest BCUT2D eigenvalue weighted by Gasteiger charge is -2.22. The highest BCUT2D eigenvalue weighted by Crippen LogP contribution is 2.37. The van der Waals surface area contributed by atoms with Crippen LogP contribution in [-0.4, -0.2) is 27.2 Å². The molecule has 0 N–H and O–H groups in total. The molecule has 0 amide bonds. The maximum absolute atomic E-state index is 12.0. The van der Waals surface area contributed by atoms with Crippen LogP contribution in [0.25, 0.3) is 0 Å². The Morgan fingerprint density at radius 3 is 1.88 bits per heavy atom. The van der Waals surface area contributed by atoms with Crippen LogP contribution in [0.4, 0.5) is 26.3 Å². The molecule has 0 saturated carbocycles. The quantitative estimate of drug-likeness (QED) is 0.784. The summed E-state index contributed by atoms with van der Waals surface area (Å²) in [5.41, 5.74) is 0. The topological polar surface area (TPSA) is 35.0 Å². The van der Waals surface area contributed by atoms with E-state index < -0.39 is 29.5 Å². The van der Waals surface area contributed by atoms with Crippen LogP contribution in [0.2, 0.25) is 5.15 Å². The normalized spacial score (nSPS) is 13.2. The molecule has 0 saturated heterocycles. The molecule has 1 aromatic heterocycles. The third-order valence-electron chi connectivity index (χ3n) is 1.25. The average molecular weight is 287 g/mol. The lowest BCUT2D eigenvalue weighted by atomic mass is 10.3. The van der Waals surface area contributed by atoms with Gasteiger partial charge in [0.15, 0.2) is 0 Å². The molecule has 1 aromatic rings. The third kappa shape index (κ3) is 3.11. The van der Waals surface area contributed by atoms with Crippen LogP contribution in [0.1, 0.15) is 0 Å². The molecule has 0 aliphatic carbocycles. The first-order chi connectivity index (χ1) is 7.12. The summed E-state index contributed by atoms with van der Waals surface area (Å²) in [6.45, 7) is 0. The smallest absolute Gasteiger partial charge is 0.434 e. The minimum absolute atomic E-state index is 0.338. The fourth-order valence-electron chi connectivity index (χ4n) is 0.671. The minimum Gasteiger partial charge on any atom is -0.452 e. The second-order valence-electron chi connectivity index (χ2n) is 2.44. The molecule has 0 aromatic carbocycles. The van der Waals surface area contributed by atoms with Gasteiger partial charge in [0.05, 0.1) is 11.7 Å². The summed E-state index contributed by atoms with van der Waals surface area (Å²) in [5.74, 6) is -0.994. The fourth-order valence-corrected chi connectivity index (χ4v) is 1.29. The summed E-state index contributed by atoms with van der Waals surface area (Å²) in [7, 11) is 0. The van der Waals surface area contributed by atoms with Crippen molar-refractivity contribution in [1.29, 1.82) is 0 Å². The van der Waals surface area contributed by atoms with Crippen molar-refractivity contribution >= 4 is 23.3 Å². The molecule has 1 heterocycles. The zero-order valence-corrected chi connectivity index (χ0v) is 8.51. The van der Waals surface area contributed by atoms with Gasteiger partial charge in [-0.2, -0.15) is 30.7 Å². The Morgan fingerprint density at radius 2 is 1.56 bits per heavy atom. The van der Waals surface area contributed by atoms with E-state index in [9.17, 15) is 26.3 Å². The number of aromatic nitrogens is 2. The monoisotopic (exact) mass is 286 g/mol. The van der Waals surface area contributed by atoms with Crippen molar-refractivity contribution in [3.05, 3.63) is 5.15 Å². The van der Waals surface area contributed by atoms with E-state index in [4.69, 9.17) is 11.6 Å². The number of nitrogens with zero attached hydrogens (tertiary/aromatic N) is 2. The molecular weight excluding hydrogens is 286 g/mol. The second kappa shape index (κ2) is 4.24. The molecule has 11 heteroatoms. The zero-order valence-electron chi connectivity index (χ0n) is 6.93. The van der Waals surface area contributed by atoms with E-state index >= 15 is 0 Å². The first-order valence-corrected chi connectivity index (χ1v) is 4.51. The minimum atomic E-state index is -5.61. The predicted molar refractivity (Wildman–Crippen MR) is 41.4 cm³/mol. The van der Waals surface area contributed by atoms with Gasteiger partial charge in [0.2, 0.25) is 5.15 Å². The van der Waals surface area contributed by atoms with Crippen molar-refractivity contribution in [2.24, 2.45) is 0 Å². The largest absolute Gasteiger partial charge is 0.452 e. The Balaban J connectivity index is 2.93. The van der Waals surface area contributed by atoms with E-state index in [1.54, 1.807) is 0 Å². The van der Waals surface area contributed by atoms with Crippen LogP contribution >= 0.6 is 23.3 Å². The van der Waals surface area contributed by atoms with Crippen molar-refractivity contribution < 1.29 is 31.1 Å². The van der Waals surface area contributed by atoms with Crippen LogP contribution in [0, 0.1) is 0 Å². The van der Waals surface area contributed by atoms with Crippen LogP contribution in [0.5, 0.6) is 5.88 Å². The number of hydrogen-bond donors (Lipinski definition) is 0. The Bertz CT molecular complexity index is 349. The van der Waals surface area contributed by atoms with Crippen molar-refractivity contribution in [2.45, 2.75) is 18.5 Å². The van der Waals surface area contributed by atoms with E-state index in [2.05, 4.69) is 13.5 Å². The van der Waals surface area contributed by atoms with Crippen molar-refractivity contribution in [3.63, 3.8) is 0 Å². The standard InChI is InChI=1S/C5HClF6N2OS/c6-1-2(14-16-13-1)15-3(4(7,8)9)5(10,11)12/h3H. The molecule has 0 radical (unpaired) electrons. The first kappa shape index (κ1) is 13.3. The van der Waals surface area contributed by atoms with E-state index in [1.165, 1.54) is 0 Å². The fraction of sp³-hybridized carbons (Fsp3) is 0.600. The summed E-state index contributed by atoms with van der Waals surface area (Å²) in [6.07, 6.45) is -15.2. The summed E-state index contributed by atoms with van der Waals surface area (Å²) >= 11 is 5.50. The van der Waals surface area contributed by atoms with Gasteiger partial charge in [-0.25, -0.2) is 0 Å².